The molecule has 1 aliphatic carbocycles. The fraction of sp³-hybridized carbons (Fsp3) is 0.875. The molecule has 0 unspecified atom stereocenters. The van der Waals surface area contributed by atoms with Gasteiger partial charge in [-0.15, -0.1) is 0 Å². The molecule has 1 saturated carbocycles. The molecule has 0 bridgehead atoms. The average molecular weight is 278 g/mol. The van der Waals surface area contributed by atoms with Gasteiger partial charge in [0.2, 0.25) is 0 Å². The van der Waals surface area contributed by atoms with Crippen LogP contribution in [0.15, 0.2) is 6.33 Å². The second-order valence-corrected chi connectivity index (χ2v) is 7.89. The lowest BCUT2D eigenvalue weighted by molar-refractivity contribution is 0.113. The molecule has 0 spiro atoms. The summed E-state index contributed by atoms with van der Waals surface area (Å²) in [5, 5.41) is 8.07. The van der Waals surface area contributed by atoms with E-state index in [0.717, 1.165) is 25.3 Å². The van der Waals surface area contributed by atoms with E-state index in [1.807, 2.05) is 0 Å². The smallest absolute Gasteiger partial charge is 0.138 e. The molecule has 1 fully saturated rings. The van der Waals surface area contributed by atoms with Crippen LogP contribution in [0.3, 0.4) is 0 Å². The van der Waals surface area contributed by atoms with Crippen LogP contribution in [0, 0.1) is 11.3 Å². The molecule has 0 aliphatic heterocycles. The predicted molar refractivity (Wildman–Crippen MR) is 82.6 cm³/mol. The summed E-state index contributed by atoms with van der Waals surface area (Å²) >= 11 is 0. The first-order valence-electron chi connectivity index (χ1n) is 7.91. The third-order valence-electron chi connectivity index (χ3n) is 4.17. The largest absolute Gasteiger partial charge is 0.312 e. The first-order valence-corrected chi connectivity index (χ1v) is 7.91. The van der Waals surface area contributed by atoms with Crippen molar-refractivity contribution in [2.24, 2.45) is 11.3 Å². The second kappa shape index (κ2) is 5.84. The van der Waals surface area contributed by atoms with E-state index in [9.17, 15) is 0 Å². The Hall–Kier alpha value is -0.900. The van der Waals surface area contributed by atoms with Crippen LogP contribution in [0.25, 0.3) is 0 Å². The molecule has 0 amide bonds. The van der Waals surface area contributed by atoms with Gasteiger partial charge in [-0.3, -0.25) is 0 Å². The highest BCUT2D eigenvalue weighted by Gasteiger charge is 2.38. The van der Waals surface area contributed by atoms with Crippen molar-refractivity contribution in [3.63, 3.8) is 0 Å². The van der Waals surface area contributed by atoms with Crippen LogP contribution in [0.2, 0.25) is 0 Å². The van der Waals surface area contributed by atoms with Crippen LogP contribution in [-0.4, -0.2) is 26.8 Å². The maximum absolute atomic E-state index is 4.50. The Morgan fingerprint density at radius 2 is 2.05 bits per heavy atom. The lowest BCUT2D eigenvalue weighted by Gasteiger charge is -2.43. The van der Waals surface area contributed by atoms with Crippen molar-refractivity contribution < 1.29 is 0 Å². The molecule has 0 saturated heterocycles. The van der Waals surface area contributed by atoms with Gasteiger partial charge < -0.3 is 5.32 Å². The van der Waals surface area contributed by atoms with Gasteiger partial charge in [-0.1, -0.05) is 20.3 Å². The highest BCUT2D eigenvalue weighted by Crippen LogP contribution is 2.43. The summed E-state index contributed by atoms with van der Waals surface area (Å²) in [6.07, 6.45) is 6.74. The van der Waals surface area contributed by atoms with E-state index >= 15 is 0 Å². The van der Waals surface area contributed by atoms with Crippen molar-refractivity contribution in [3.8, 4) is 0 Å². The Morgan fingerprint density at radius 1 is 1.35 bits per heavy atom. The molecular weight excluding hydrogens is 248 g/mol. The molecule has 4 heteroatoms. The van der Waals surface area contributed by atoms with E-state index < -0.39 is 0 Å². The zero-order valence-corrected chi connectivity index (χ0v) is 13.7. The Labute approximate surface area is 123 Å². The van der Waals surface area contributed by atoms with Crippen molar-refractivity contribution in [2.45, 2.75) is 72.4 Å². The van der Waals surface area contributed by atoms with Gasteiger partial charge in [0.15, 0.2) is 0 Å². The summed E-state index contributed by atoms with van der Waals surface area (Å²) in [4.78, 5) is 4.50. The molecule has 1 aromatic rings. The van der Waals surface area contributed by atoms with Gasteiger partial charge in [-0.25, -0.2) is 9.67 Å². The normalized spacial score (nSPS) is 18.3. The van der Waals surface area contributed by atoms with Crippen molar-refractivity contribution in [3.05, 3.63) is 12.2 Å². The van der Waals surface area contributed by atoms with Crippen LogP contribution in [0.5, 0.6) is 0 Å². The van der Waals surface area contributed by atoms with E-state index in [0.29, 0.717) is 11.3 Å². The number of hydrogen-bond donors (Lipinski definition) is 1. The zero-order valence-electron chi connectivity index (χ0n) is 13.7. The van der Waals surface area contributed by atoms with Crippen molar-refractivity contribution in [2.75, 3.05) is 6.54 Å². The molecule has 2 rings (SSSR count). The van der Waals surface area contributed by atoms with Gasteiger partial charge in [-0.05, 0) is 44.9 Å². The summed E-state index contributed by atoms with van der Waals surface area (Å²) in [6, 6.07) is 0. The molecule has 1 aliphatic rings. The van der Waals surface area contributed by atoms with Gasteiger partial charge in [-0.2, -0.15) is 5.10 Å². The average Bonchev–Trinajstić information content (AvgIpc) is 2.67. The Bertz CT molecular complexity index is 424. The molecule has 20 heavy (non-hydrogen) atoms. The van der Waals surface area contributed by atoms with Crippen LogP contribution >= 0.6 is 0 Å². The maximum atomic E-state index is 4.50. The third kappa shape index (κ3) is 4.05. The molecule has 1 N–H and O–H groups in total. The topological polar surface area (TPSA) is 42.7 Å². The standard InChI is InChI=1S/C16H30N4/c1-13(2)10-20-14(17-12-19-20)9-16(7-6-8-16)11-18-15(3,4)5/h12-13,18H,6-11H2,1-5H3. The highest BCUT2D eigenvalue weighted by atomic mass is 15.3. The number of aromatic nitrogens is 3. The minimum absolute atomic E-state index is 0.189. The first kappa shape index (κ1) is 15.5. The second-order valence-electron chi connectivity index (χ2n) is 7.89. The Morgan fingerprint density at radius 3 is 2.55 bits per heavy atom. The Balaban J connectivity index is 2.01. The fourth-order valence-electron chi connectivity index (χ4n) is 2.80. The van der Waals surface area contributed by atoms with Gasteiger partial charge >= 0.3 is 0 Å². The maximum Gasteiger partial charge on any atom is 0.138 e. The molecule has 4 nitrogen and oxygen atoms in total. The quantitative estimate of drug-likeness (QED) is 0.869. The van der Waals surface area contributed by atoms with Crippen LogP contribution < -0.4 is 5.32 Å². The summed E-state index contributed by atoms with van der Waals surface area (Å²) in [5.74, 6) is 1.77. The summed E-state index contributed by atoms with van der Waals surface area (Å²) in [5.41, 5.74) is 0.587. The lowest BCUT2D eigenvalue weighted by atomic mass is 9.66. The van der Waals surface area contributed by atoms with Crippen LogP contribution in [-0.2, 0) is 13.0 Å². The van der Waals surface area contributed by atoms with E-state index in [4.69, 9.17) is 0 Å². The molecule has 0 radical (unpaired) electrons. The zero-order chi connectivity index (χ0) is 14.8. The number of hydrogen-bond acceptors (Lipinski definition) is 3. The minimum atomic E-state index is 0.189. The summed E-state index contributed by atoms with van der Waals surface area (Å²) in [7, 11) is 0. The third-order valence-corrected chi connectivity index (χ3v) is 4.17. The van der Waals surface area contributed by atoms with Crippen molar-refractivity contribution in [1.29, 1.82) is 0 Å². The molecule has 114 valence electrons. The van der Waals surface area contributed by atoms with Gasteiger partial charge in [0.05, 0.1) is 0 Å². The van der Waals surface area contributed by atoms with Crippen molar-refractivity contribution in [1.82, 2.24) is 20.1 Å². The highest BCUT2D eigenvalue weighted by molar-refractivity contribution is 5.00. The van der Waals surface area contributed by atoms with E-state index in [2.05, 4.69) is 54.7 Å². The van der Waals surface area contributed by atoms with Crippen LogP contribution in [0.4, 0.5) is 0 Å². The molecule has 0 aromatic carbocycles. The molecule has 1 aromatic heterocycles. The molecule has 1 heterocycles. The van der Waals surface area contributed by atoms with Crippen LogP contribution in [0.1, 0.15) is 59.7 Å². The fourth-order valence-corrected chi connectivity index (χ4v) is 2.80. The summed E-state index contributed by atoms with van der Waals surface area (Å²) in [6.45, 7) is 13.2. The lowest BCUT2D eigenvalue weighted by Crippen LogP contribution is -2.48. The Kier molecular flexibility index (Phi) is 4.52. The number of rotatable bonds is 6. The summed E-state index contributed by atoms with van der Waals surface area (Å²) < 4.78 is 2.10. The van der Waals surface area contributed by atoms with E-state index in [-0.39, 0.29) is 5.54 Å². The number of nitrogens with zero attached hydrogens (tertiary/aromatic N) is 3. The monoisotopic (exact) mass is 278 g/mol. The molecule has 0 atom stereocenters. The first-order chi connectivity index (χ1) is 9.30. The number of nitrogens with one attached hydrogen (secondary N) is 1. The van der Waals surface area contributed by atoms with Gasteiger partial charge in [0.25, 0.3) is 0 Å². The van der Waals surface area contributed by atoms with Crippen molar-refractivity contribution >= 4 is 0 Å². The van der Waals surface area contributed by atoms with Gasteiger partial charge in [0.1, 0.15) is 12.2 Å². The van der Waals surface area contributed by atoms with E-state index in [1.54, 1.807) is 6.33 Å². The predicted octanol–water partition coefficient (Wildman–Crippen LogP) is 3.04. The SMILES string of the molecule is CC(C)Cn1ncnc1CC1(CNC(C)(C)C)CCC1. The molecular formula is C16H30N4. The van der Waals surface area contributed by atoms with Gasteiger partial charge in [0, 0.05) is 25.0 Å². The van der Waals surface area contributed by atoms with E-state index in [1.165, 1.54) is 19.3 Å². The minimum Gasteiger partial charge on any atom is -0.312 e.